The van der Waals surface area contributed by atoms with Crippen molar-refractivity contribution in [1.82, 2.24) is 4.90 Å². The van der Waals surface area contributed by atoms with Gasteiger partial charge < -0.3 is 4.90 Å². The molecular weight excluding hydrogens is 332 g/mol. The van der Waals surface area contributed by atoms with Crippen molar-refractivity contribution in [2.45, 2.75) is 25.2 Å². The lowest BCUT2D eigenvalue weighted by molar-refractivity contribution is 0.0794. The SMILES string of the molecule is CCCN(C)C(=O)c1cc(S(N)(=O)=O)cc(Br)c1C. The van der Waals surface area contributed by atoms with E-state index in [4.69, 9.17) is 5.14 Å². The first-order valence-electron chi connectivity index (χ1n) is 5.77. The number of carbonyl (C=O) groups is 1. The fraction of sp³-hybridized carbons (Fsp3) is 0.417. The zero-order valence-corrected chi connectivity index (χ0v) is 13.5. The molecule has 0 heterocycles. The van der Waals surface area contributed by atoms with E-state index in [2.05, 4.69) is 15.9 Å². The molecule has 0 radical (unpaired) electrons. The zero-order valence-electron chi connectivity index (χ0n) is 11.1. The van der Waals surface area contributed by atoms with Crippen molar-refractivity contribution >= 4 is 31.9 Å². The van der Waals surface area contributed by atoms with Crippen molar-refractivity contribution in [1.29, 1.82) is 0 Å². The third kappa shape index (κ3) is 3.77. The van der Waals surface area contributed by atoms with Crippen molar-refractivity contribution in [3.8, 4) is 0 Å². The minimum atomic E-state index is -3.84. The number of hydrogen-bond acceptors (Lipinski definition) is 3. The molecule has 0 aliphatic rings. The van der Waals surface area contributed by atoms with Gasteiger partial charge in [-0.25, -0.2) is 13.6 Å². The molecule has 0 bridgehead atoms. The lowest BCUT2D eigenvalue weighted by Gasteiger charge is -2.18. The lowest BCUT2D eigenvalue weighted by Crippen LogP contribution is -2.28. The van der Waals surface area contributed by atoms with Gasteiger partial charge in [-0.3, -0.25) is 4.79 Å². The average molecular weight is 349 g/mol. The van der Waals surface area contributed by atoms with Crippen molar-refractivity contribution in [2.75, 3.05) is 13.6 Å². The number of nitrogens with zero attached hydrogens (tertiary/aromatic N) is 1. The molecule has 5 nitrogen and oxygen atoms in total. The maximum Gasteiger partial charge on any atom is 0.253 e. The van der Waals surface area contributed by atoms with Crippen LogP contribution in [0.3, 0.4) is 0 Å². The maximum absolute atomic E-state index is 12.3. The summed E-state index contributed by atoms with van der Waals surface area (Å²) in [6.45, 7) is 4.33. The number of carbonyl (C=O) groups excluding carboxylic acids is 1. The third-order valence-corrected chi connectivity index (χ3v) is 4.50. The van der Waals surface area contributed by atoms with E-state index in [1.807, 2.05) is 6.92 Å². The molecule has 106 valence electrons. The van der Waals surface area contributed by atoms with E-state index in [0.717, 1.165) is 6.42 Å². The Balaban J connectivity index is 3.35. The molecule has 0 atom stereocenters. The summed E-state index contributed by atoms with van der Waals surface area (Å²) < 4.78 is 23.3. The predicted octanol–water partition coefficient (Wildman–Crippen LogP) is 1.89. The van der Waals surface area contributed by atoms with Gasteiger partial charge in [-0.2, -0.15) is 0 Å². The van der Waals surface area contributed by atoms with E-state index >= 15 is 0 Å². The predicted molar refractivity (Wildman–Crippen MR) is 77.5 cm³/mol. The second kappa shape index (κ2) is 6.02. The molecule has 19 heavy (non-hydrogen) atoms. The number of benzene rings is 1. The minimum Gasteiger partial charge on any atom is -0.342 e. The van der Waals surface area contributed by atoms with E-state index in [0.29, 0.717) is 22.1 Å². The zero-order chi connectivity index (χ0) is 14.8. The van der Waals surface area contributed by atoms with Crippen molar-refractivity contribution in [3.63, 3.8) is 0 Å². The molecule has 0 fully saturated rings. The van der Waals surface area contributed by atoms with Gasteiger partial charge in [0.1, 0.15) is 0 Å². The summed E-state index contributed by atoms with van der Waals surface area (Å²) >= 11 is 3.26. The number of amides is 1. The molecule has 1 amide bonds. The van der Waals surface area contributed by atoms with Crippen LogP contribution in [-0.4, -0.2) is 32.8 Å². The highest BCUT2D eigenvalue weighted by atomic mass is 79.9. The Kier molecular flexibility index (Phi) is 5.11. The van der Waals surface area contributed by atoms with Gasteiger partial charge in [0.25, 0.3) is 5.91 Å². The van der Waals surface area contributed by atoms with E-state index in [1.54, 1.807) is 18.9 Å². The van der Waals surface area contributed by atoms with Crippen LogP contribution in [0.15, 0.2) is 21.5 Å². The molecule has 0 spiro atoms. The number of nitrogens with two attached hydrogens (primary N) is 1. The van der Waals surface area contributed by atoms with Crippen LogP contribution in [0.4, 0.5) is 0 Å². The van der Waals surface area contributed by atoms with Gasteiger partial charge in [0.15, 0.2) is 0 Å². The molecule has 0 aliphatic heterocycles. The largest absolute Gasteiger partial charge is 0.342 e. The quantitative estimate of drug-likeness (QED) is 0.901. The van der Waals surface area contributed by atoms with Gasteiger partial charge in [-0.1, -0.05) is 22.9 Å². The maximum atomic E-state index is 12.3. The monoisotopic (exact) mass is 348 g/mol. The molecule has 1 aromatic carbocycles. The van der Waals surface area contributed by atoms with Crippen LogP contribution in [0.5, 0.6) is 0 Å². The van der Waals surface area contributed by atoms with Crippen molar-refractivity contribution < 1.29 is 13.2 Å². The summed E-state index contributed by atoms with van der Waals surface area (Å²) in [6, 6.07) is 2.73. The fourth-order valence-electron chi connectivity index (χ4n) is 1.68. The highest BCUT2D eigenvalue weighted by molar-refractivity contribution is 9.10. The van der Waals surface area contributed by atoms with E-state index in [9.17, 15) is 13.2 Å². The van der Waals surface area contributed by atoms with Crippen LogP contribution in [0.1, 0.15) is 29.3 Å². The van der Waals surface area contributed by atoms with Crippen molar-refractivity contribution in [3.05, 3.63) is 27.7 Å². The number of sulfonamides is 1. The average Bonchev–Trinajstić information content (AvgIpc) is 2.30. The Morgan fingerprint density at radius 3 is 2.47 bits per heavy atom. The van der Waals surface area contributed by atoms with Gasteiger partial charge in [-0.15, -0.1) is 0 Å². The molecule has 0 unspecified atom stereocenters. The molecule has 7 heteroatoms. The van der Waals surface area contributed by atoms with Gasteiger partial charge in [-0.05, 0) is 31.0 Å². The van der Waals surface area contributed by atoms with Crippen LogP contribution in [0, 0.1) is 6.92 Å². The Bertz CT molecular complexity index is 599. The standard InChI is InChI=1S/C12H17BrN2O3S/c1-4-5-15(3)12(16)10-6-9(19(14,17)18)7-11(13)8(10)2/h6-7H,4-5H2,1-3H3,(H2,14,17,18). The second-order valence-corrected chi connectivity index (χ2v) is 6.77. The molecule has 1 rings (SSSR count). The van der Waals surface area contributed by atoms with Gasteiger partial charge >= 0.3 is 0 Å². The summed E-state index contributed by atoms with van der Waals surface area (Å²) in [5.74, 6) is -0.217. The Morgan fingerprint density at radius 2 is 2.00 bits per heavy atom. The first kappa shape index (κ1) is 16.1. The molecular formula is C12H17BrN2O3S. The van der Waals surface area contributed by atoms with E-state index in [-0.39, 0.29) is 10.8 Å². The molecule has 0 aromatic heterocycles. The fourth-order valence-corrected chi connectivity index (χ4v) is 2.86. The lowest BCUT2D eigenvalue weighted by atomic mass is 10.1. The molecule has 0 saturated heterocycles. The number of rotatable bonds is 4. The van der Waals surface area contributed by atoms with Gasteiger partial charge in [0.05, 0.1) is 4.90 Å². The number of primary sulfonamides is 1. The summed E-state index contributed by atoms with van der Waals surface area (Å²) in [7, 11) is -2.15. The van der Waals surface area contributed by atoms with E-state index < -0.39 is 10.0 Å². The van der Waals surface area contributed by atoms with Gasteiger partial charge in [0.2, 0.25) is 10.0 Å². The summed E-state index contributed by atoms with van der Waals surface area (Å²) in [5, 5.41) is 5.11. The van der Waals surface area contributed by atoms with Gasteiger partial charge in [0, 0.05) is 23.6 Å². The Hall–Kier alpha value is -0.920. The summed E-state index contributed by atoms with van der Waals surface area (Å²) in [4.78, 5) is 13.7. The highest BCUT2D eigenvalue weighted by Gasteiger charge is 2.19. The van der Waals surface area contributed by atoms with Crippen LogP contribution in [0.2, 0.25) is 0 Å². The second-order valence-electron chi connectivity index (χ2n) is 4.35. The molecule has 0 saturated carbocycles. The Morgan fingerprint density at radius 1 is 1.42 bits per heavy atom. The minimum absolute atomic E-state index is 0.0711. The number of halogens is 1. The third-order valence-electron chi connectivity index (χ3n) is 2.78. The topological polar surface area (TPSA) is 80.5 Å². The van der Waals surface area contributed by atoms with E-state index in [1.165, 1.54) is 12.1 Å². The summed E-state index contributed by atoms with van der Waals surface area (Å²) in [6.07, 6.45) is 0.831. The van der Waals surface area contributed by atoms with Crippen molar-refractivity contribution in [2.24, 2.45) is 5.14 Å². The van der Waals surface area contributed by atoms with Crippen LogP contribution in [0.25, 0.3) is 0 Å². The molecule has 2 N–H and O–H groups in total. The van der Waals surface area contributed by atoms with Crippen LogP contribution < -0.4 is 5.14 Å². The van der Waals surface area contributed by atoms with Crippen LogP contribution in [-0.2, 0) is 10.0 Å². The first-order valence-corrected chi connectivity index (χ1v) is 8.10. The Labute approximate surface area is 122 Å². The van der Waals surface area contributed by atoms with Crippen LogP contribution >= 0.6 is 15.9 Å². The normalized spacial score (nSPS) is 11.4. The smallest absolute Gasteiger partial charge is 0.253 e. The first-order chi connectivity index (χ1) is 8.68. The molecule has 1 aromatic rings. The molecule has 0 aliphatic carbocycles. The highest BCUT2D eigenvalue weighted by Crippen LogP contribution is 2.25. The number of hydrogen-bond donors (Lipinski definition) is 1. The summed E-state index contributed by atoms with van der Waals surface area (Å²) in [5.41, 5.74) is 1.04.